The van der Waals surface area contributed by atoms with Gasteiger partial charge in [0.25, 0.3) is 0 Å². The zero-order valence-electron chi connectivity index (χ0n) is 19.7. The van der Waals surface area contributed by atoms with Crippen molar-refractivity contribution >= 4 is 23.5 Å². The van der Waals surface area contributed by atoms with Crippen molar-refractivity contribution in [2.45, 2.75) is 70.4 Å². The van der Waals surface area contributed by atoms with Crippen LogP contribution in [0.4, 0.5) is 27.9 Å². The van der Waals surface area contributed by atoms with Crippen LogP contribution in [0.2, 0.25) is 0 Å². The third kappa shape index (κ3) is 6.43. The zero-order chi connectivity index (χ0) is 23.0. The third-order valence-electron chi connectivity index (χ3n) is 6.63. The Bertz CT molecular complexity index is 904. The molecular weight excluding hydrogens is 421 g/mol. The second-order valence-corrected chi connectivity index (χ2v) is 8.92. The summed E-state index contributed by atoms with van der Waals surface area (Å²) >= 11 is 0. The zero-order valence-corrected chi connectivity index (χ0v) is 19.7. The fourth-order valence-corrected chi connectivity index (χ4v) is 4.81. The van der Waals surface area contributed by atoms with Crippen LogP contribution < -0.4 is 20.7 Å². The first-order valence-electron chi connectivity index (χ1n) is 12.3. The van der Waals surface area contributed by atoms with Gasteiger partial charge in [0.05, 0.1) is 7.11 Å². The number of rotatable bonds is 9. The lowest BCUT2D eigenvalue weighted by atomic mass is 10.1. The van der Waals surface area contributed by atoms with Crippen LogP contribution in [0.15, 0.2) is 18.2 Å². The van der Waals surface area contributed by atoms with Gasteiger partial charge in [0.2, 0.25) is 17.8 Å². The van der Waals surface area contributed by atoms with Gasteiger partial charge in [-0.05, 0) is 50.9 Å². The SMILES string of the molecule is CCN1CCCC1CNc1nc(Nc2ccc(OC)c(F)c2)nc(NC2CCCCCC2)n1. The van der Waals surface area contributed by atoms with Gasteiger partial charge in [-0.2, -0.15) is 15.0 Å². The molecule has 1 aliphatic carbocycles. The molecule has 1 saturated heterocycles. The molecule has 1 aromatic heterocycles. The van der Waals surface area contributed by atoms with Gasteiger partial charge < -0.3 is 20.7 Å². The largest absolute Gasteiger partial charge is 0.494 e. The van der Waals surface area contributed by atoms with Gasteiger partial charge in [0, 0.05) is 30.4 Å². The molecule has 2 aromatic rings. The number of ether oxygens (including phenoxy) is 1. The van der Waals surface area contributed by atoms with E-state index in [0.717, 1.165) is 32.5 Å². The fourth-order valence-electron chi connectivity index (χ4n) is 4.81. The first-order valence-corrected chi connectivity index (χ1v) is 12.3. The maximum absolute atomic E-state index is 14.2. The molecule has 0 radical (unpaired) electrons. The molecule has 1 saturated carbocycles. The van der Waals surface area contributed by atoms with Crippen molar-refractivity contribution in [2.24, 2.45) is 0 Å². The van der Waals surface area contributed by atoms with Crippen LogP contribution in [0.5, 0.6) is 5.75 Å². The lowest BCUT2D eigenvalue weighted by molar-refractivity contribution is 0.277. The molecule has 3 N–H and O–H groups in total. The Labute approximate surface area is 195 Å². The maximum atomic E-state index is 14.2. The second kappa shape index (κ2) is 11.4. The fraction of sp³-hybridized carbons (Fsp3) is 0.625. The molecule has 1 atom stereocenters. The van der Waals surface area contributed by atoms with Crippen LogP contribution in [-0.2, 0) is 0 Å². The minimum absolute atomic E-state index is 0.200. The summed E-state index contributed by atoms with van der Waals surface area (Å²) in [6, 6.07) is 5.56. The third-order valence-corrected chi connectivity index (χ3v) is 6.63. The molecule has 2 heterocycles. The summed E-state index contributed by atoms with van der Waals surface area (Å²) in [5, 5.41) is 10.1. The maximum Gasteiger partial charge on any atom is 0.233 e. The molecule has 180 valence electrons. The predicted molar refractivity (Wildman–Crippen MR) is 130 cm³/mol. The molecule has 1 unspecified atom stereocenters. The molecule has 0 amide bonds. The Kier molecular flexibility index (Phi) is 8.15. The lowest BCUT2D eigenvalue weighted by Gasteiger charge is -2.23. The Balaban J connectivity index is 1.52. The molecule has 2 fully saturated rings. The van der Waals surface area contributed by atoms with Crippen LogP contribution in [-0.4, -0.2) is 58.7 Å². The minimum Gasteiger partial charge on any atom is -0.494 e. The summed E-state index contributed by atoms with van der Waals surface area (Å²) in [4.78, 5) is 16.3. The number of likely N-dealkylation sites (tertiary alicyclic amines) is 1. The first kappa shape index (κ1) is 23.5. The Morgan fingerprint density at radius 3 is 2.48 bits per heavy atom. The number of hydrogen-bond donors (Lipinski definition) is 3. The van der Waals surface area contributed by atoms with Crippen molar-refractivity contribution in [3.8, 4) is 5.75 Å². The first-order chi connectivity index (χ1) is 16.1. The minimum atomic E-state index is -0.437. The standard InChI is InChI=1S/C24H36FN7O/c1-3-32-14-8-11-19(32)16-26-22-29-23(27-17-9-6-4-5-7-10-17)31-24(30-22)28-18-12-13-21(33-2)20(25)15-18/h12-13,15,17,19H,3-11,14,16H2,1-2H3,(H3,26,27,28,29,30,31). The summed E-state index contributed by atoms with van der Waals surface area (Å²) in [6.07, 6.45) is 9.65. The number of aromatic nitrogens is 3. The van der Waals surface area contributed by atoms with E-state index in [0.29, 0.717) is 35.6 Å². The molecule has 8 nitrogen and oxygen atoms in total. The van der Waals surface area contributed by atoms with Gasteiger partial charge >= 0.3 is 0 Å². The van der Waals surface area contributed by atoms with Crippen LogP contribution >= 0.6 is 0 Å². The molecule has 0 spiro atoms. The van der Waals surface area contributed by atoms with E-state index in [-0.39, 0.29) is 5.75 Å². The molecule has 2 aliphatic rings. The number of nitrogens with zero attached hydrogens (tertiary/aromatic N) is 4. The van der Waals surface area contributed by atoms with E-state index in [1.165, 1.54) is 51.7 Å². The van der Waals surface area contributed by atoms with E-state index in [2.05, 4.69) is 42.7 Å². The van der Waals surface area contributed by atoms with E-state index < -0.39 is 5.82 Å². The van der Waals surface area contributed by atoms with Gasteiger partial charge in [0.15, 0.2) is 11.6 Å². The summed E-state index contributed by atoms with van der Waals surface area (Å²) in [6.45, 7) is 5.18. The second-order valence-electron chi connectivity index (χ2n) is 8.92. The predicted octanol–water partition coefficient (Wildman–Crippen LogP) is 4.79. The summed E-state index contributed by atoms with van der Waals surface area (Å²) in [5.74, 6) is 1.22. The highest BCUT2D eigenvalue weighted by Gasteiger charge is 2.23. The number of hydrogen-bond acceptors (Lipinski definition) is 8. The smallest absolute Gasteiger partial charge is 0.233 e. The van der Waals surface area contributed by atoms with E-state index in [1.54, 1.807) is 12.1 Å². The van der Waals surface area contributed by atoms with Crippen molar-refractivity contribution in [3.05, 3.63) is 24.0 Å². The molecular formula is C24H36FN7O. The van der Waals surface area contributed by atoms with Crippen LogP contribution in [0.25, 0.3) is 0 Å². The normalized spacial score (nSPS) is 19.8. The average molecular weight is 458 g/mol. The average Bonchev–Trinajstić information content (AvgIpc) is 3.12. The number of halogens is 1. The molecule has 33 heavy (non-hydrogen) atoms. The topological polar surface area (TPSA) is 87.2 Å². The molecule has 4 rings (SSSR count). The number of methoxy groups -OCH3 is 1. The highest BCUT2D eigenvalue weighted by Crippen LogP contribution is 2.25. The van der Waals surface area contributed by atoms with Gasteiger partial charge in [-0.3, -0.25) is 4.90 Å². The quantitative estimate of drug-likeness (QED) is 0.463. The van der Waals surface area contributed by atoms with E-state index >= 15 is 0 Å². The van der Waals surface area contributed by atoms with Gasteiger partial charge in [-0.25, -0.2) is 4.39 Å². The van der Waals surface area contributed by atoms with Crippen molar-refractivity contribution in [1.29, 1.82) is 0 Å². The highest BCUT2D eigenvalue weighted by atomic mass is 19.1. The van der Waals surface area contributed by atoms with Crippen LogP contribution in [0.1, 0.15) is 58.3 Å². The number of anilines is 4. The van der Waals surface area contributed by atoms with Gasteiger partial charge in [0.1, 0.15) is 0 Å². The highest BCUT2D eigenvalue weighted by molar-refractivity contribution is 5.57. The van der Waals surface area contributed by atoms with Crippen LogP contribution in [0.3, 0.4) is 0 Å². The lowest BCUT2D eigenvalue weighted by Crippen LogP contribution is -2.35. The van der Waals surface area contributed by atoms with Gasteiger partial charge in [-0.15, -0.1) is 0 Å². The van der Waals surface area contributed by atoms with Crippen molar-refractivity contribution < 1.29 is 9.13 Å². The monoisotopic (exact) mass is 457 g/mol. The Morgan fingerprint density at radius 1 is 1.00 bits per heavy atom. The van der Waals surface area contributed by atoms with Crippen molar-refractivity contribution in [1.82, 2.24) is 19.9 Å². The molecule has 9 heteroatoms. The number of likely N-dealkylation sites (N-methyl/N-ethyl adjacent to an activating group) is 1. The summed E-state index contributed by atoms with van der Waals surface area (Å²) in [5.41, 5.74) is 0.554. The van der Waals surface area contributed by atoms with E-state index in [4.69, 9.17) is 4.74 Å². The summed E-state index contributed by atoms with van der Waals surface area (Å²) < 4.78 is 19.2. The molecule has 1 aliphatic heterocycles. The Hall–Kier alpha value is -2.68. The Morgan fingerprint density at radius 2 is 1.76 bits per heavy atom. The number of benzene rings is 1. The van der Waals surface area contributed by atoms with E-state index in [1.807, 2.05) is 0 Å². The van der Waals surface area contributed by atoms with Gasteiger partial charge in [-0.1, -0.05) is 32.6 Å². The number of nitrogens with one attached hydrogen (secondary N) is 3. The van der Waals surface area contributed by atoms with Crippen LogP contribution in [0, 0.1) is 5.82 Å². The molecule has 0 bridgehead atoms. The summed E-state index contributed by atoms with van der Waals surface area (Å²) in [7, 11) is 1.45. The molecule has 1 aromatic carbocycles. The van der Waals surface area contributed by atoms with Crippen molar-refractivity contribution in [3.63, 3.8) is 0 Å². The van der Waals surface area contributed by atoms with Crippen molar-refractivity contribution in [2.75, 3.05) is 42.7 Å². The van der Waals surface area contributed by atoms with E-state index in [9.17, 15) is 4.39 Å².